The standard InChI is InChI=1S/C13H36O4Si4/c1-11-12-14-13-21(10,16-19(5,6)7)17-20(8,9)15-18(2,3)4/h11-13H2,1-10H3. The average molecular weight is 369 g/mol. The van der Waals surface area contributed by atoms with Crippen molar-refractivity contribution in [3.05, 3.63) is 0 Å². The zero-order valence-electron chi connectivity index (χ0n) is 15.8. The van der Waals surface area contributed by atoms with E-state index < -0.39 is 33.8 Å². The molecule has 0 aromatic heterocycles. The van der Waals surface area contributed by atoms with E-state index in [9.17, 15) is 0 Å². The van der Waals surface area contributed by atoms with Crippen molar-refractivity contribution < 1.29 is 17.1 Å². The van der Waals surface area contributed by atoms with Crippen molar-refractivity contribution in [2.24, 2.45) is 0 Å². The van der Waals surface area contributed by atoms with E-state index in [-0.39, 0.29) is 0 Å². The number of ether oxygens (including phenoxy) is 1. The summed E-state index contributed by atoms with van der Waals surface area (Å²) < 4.78 is 25.0. The van der Waals surface area contributed by atoms with E-state index in [0.717, 1.165) is 13.0 Å². The van der Waals surface area contributed by atoms with Crippen molar-refractivity contribution in [2.45, 2.75) is 72.3 Å². The third-order valence-corrected chi connectivity index (χ3v) is 15.3. The molecule has 21 heavy (non-hydrogen) atoms. The third-order valence-electron chi connectivity index (χ3n) is 2.25. The summed E-state index contributed by atoms with van der Waals surface area (Å²) in [6.07, 6.45) is 1.61. The smallest absolute Gasteiger partial charge is 0.342 e. The second-order valence-corrected chi connectivity index (χ2v) is 24.4. The van der Waals surface area contributed by atoms with Crippen LogP contribution < -0.4 is 0 Å². The Morgan fingerprint density at radius 3 is 1.52 bits per heavy atom. The SMILES string of the molecule is CCCOC[Si](C)(O[Si](C)(C)C)O[Si](C)(C)O[Si](C)(C)C. The Balaban J connectivity index is 4.95. The molecule has 0 N–H and O–H groups in total. The molecule has 1 atom stereocenters. The van der Waals surface area contributed by atoms with Crippen LogP contribution in [-0.2, 0) is 17.1 Å². The molecule has 0 heterocycles. The summed E-state index contributed by atoms with van der Waals surface area (Å²) in [4.78, 5) is 0. The molecule has 0 radical (unpaired) electrons. The Kier molecular flexibility index (Phi) is 8.27. The van der Waals surface area contributed by atoms with E-state index in [1.807, 2.05) is 0 Å². The highest BCUT2D eigenvalue weighted by molar-refractivity contribution is 6.89. The molecule has 0 bridgehead atoms. The number of hydrogen-bond donors (Lipinski definition) is 0. The summed E-state index contributed by atoms with van der Waals surface area (Å²) in [5.74, 6) is 0. The van der Waals surface area contributed by atoms with Crippen LogP contribution in [0.3, 0.4) is 0 Å². The van der Waals surface area contributed by atoms with Crippen LogP contribution in [-0.4, -0.2) is 46.6 Å². The quantitative estimate of drug-likeness (QED) is 0.422. The van der Waals surface area contributed by atoms with Crippen LogP contribution in [0, 0.1) is 0 Å². The third kappa shape index (κ3) is 11.9. The highest BCUT2D eigenvalue weighted by atomic mass is 28.5. The predicted molar refractivity (Wildman–Crippen MR) is 100 cm³/mol. The van der Waals surface area contributed by atoms with Gasteiger partial charge >= 0.3 is 17.1 Å². The van der Waals surface area contributed by atoms with Crippen molar-refractivity contribution in [2.75, 3.05) is 12.8 Å². The van der Waals surface area contributed by atoms with Gasteiger partial charge in [-0.15, -0.1) is 0 Å². The van der Waals surface area contributed by atoms with Gasteiger partial charge in [0.2, 0.25) is 0 Å². The van der Waals surface area contributed by atoms with Crippen LogP contribution in [0.4, 0.5) is 0 Å². The van der Waals surface area contributed by atoms with Crippen LogP contribution in [0.5, 0.6) is 0 Å². The summed E-state index contributed by atoms with van der Waals surface area (Å²) >= 11 is 0. The minimum absolute atomic E-state index is 0.594. The lowest BCUT2D eigenvalue weighted by molar-refractivity contribution is 0.146. The van der Waals surface area contributed by atoms with Crippen LogP contribution in [0.1, 0.15) is 13.3 Å². The van der Waals surface area contributed by atoms with Gasteiger partial charge in [0, 0.05) is 6.61 Å². The lowest BCUT2D eigenvalue weighted by Gasteiger charge is -2.41. The predicted octanol–water partition coefficient (Wildman–Crippen LogP) is 4.45. The molecule has 0 aromatic rings. The molecular formula is C13H36O4Si4. The van der Waals surface area contributed by atoms with E-state index in [2.05, 4.69) is 65.8 Å². The summed E-state index contributed by atoms with van der Waals surface area (Å²) in [7, 11) is -7.84. The van der Waals surface area contributed by atoms with Gasteiger partial charge in [-0.1, -0.05) is 6.92 Å². The lowest BCUT2D eigenvalue weighted by atomic mass is 10.5. The topological polar surface area (TPSA) is 36.9 Å². The van der Waals surface area contributed by atoms with Gasteiger partial charge in [0.15, 0.2) is 16.6 Å². The Bertz CT molecular complexity index is 312. The molecule has 0 saturated heterocycles. The molecule has 0 aromatic carbocycles. The fourth-order valence-electron chi connectivity index (χ4n) is 2.41. The molecule has 0 aliphatic carbocycles. The maximum Gasteiger partial charge on any atom is 0.342 e. The van der Waals surface area contributed by atoms with E-state index in [1.165, 1.54) is 0 Å². The highest BCUT2D eigenvalue weighted by Crippen LogP contribution is 2.24. The second kappa shape index (κ2) is 8.00. The first-order valence-corrected chi connectivity index (χ1v) is 20.0. The minimum Gasteiger partial charge on any atom is -0.437 e. The van der Waals surface area contributed by atoms with Crippen molar-refractivity contribution in [1.29, 1.82) is 0 Å². The molecule has 128 valence electrons. The fourth-order valence-corrected chi connectivity index (χ4v) is 19.7. The first kappa shape index (κ1) is 21.7. The highest BCUT2D eigenvalue weighted by Gasteiger charge is 2.44. The Hall–Kier alpha value is 0.708. The largest absolute Gasteiger partial charge is 0.437 e. The molecular weight excluding hydrogens is 332 g/mol. The zero-order chi connectivity index (χ0) is 16.9. The number of hydrogen-bond acceptors (Lipinski definition) is 4. The number of rotatable bonds is 10. The molecule has 0 aliphatic heterocycles. The summed E-state index contributed by atoms with van der Waals surface area (Å²) in [5.41, 5.74) is 0. The van der Waals surface area contributed by atoms with Crippen molar-refractivity contribution in [3.8, 4) is 0 Å². The maximum atomic E-state index is 6.50. The van der Waals surface area contributed by atoms with E-state index in [4.69, 9.17) is 17.1 Å². The van der Waals surface area contributed by atoms with Crippen LogP contribution >= 0.6 is 0 Å². The van der Waals surface area contributed by atoms with Gasteiger partial charge in [0.1, 0.15) is 0 Å². The Labute approximate surface area is 136 Å². The minimum atomic E-state index is -2.36. The average Bonchev–Trinajstić information content (AvgIpc) is 2.08. The van der Waals surface area contributed by atoms with Crippen LogP contribution in [0.2, 0.25) is 58.9 Å². The van der Waals surface area contributed by atoms with Gasteiger partial charge in [0.05, 0.1) is 6.23 Å². The molecule has 4 nitrogen and oxygen atoms in total. The van der Waals surface area contributed by atoms with Gasteiger partial charge in [-0.05, 0) is 65.3 Å². The second-order valence-electron chi connectivity index (χ2n) is 8.12. The normalized spacial score (nSPS) is 16.9. The zero-order valence-corrected chi connectivity index (χ0v) is 19.8. The lowest BCUT2D eigenvalue weighted by Crippen LogP contribution is -2.59. The van der Waals surface area contributed by atoms with Crippen LogP contribution in [0.15, 0.2) is 0 Å². The first-order valence-electron chi connectivity index (χ1n) is 7.86. The first-order chi connectivity index (χ1) is 9.18. The molecule has 0 amide bonds. The van der Waals surface area contributed by atoms with Crippen LogP contribution in [0.25, 0.3) is 0 Å². The van der Waals surface area contributed by atoms with Gasteiger partial charge in [-0.25, -0.2) is 0 Å². The summed E-state index contributed by atoms with van der Waals surface area (Å²) in [6.45, 7) is 22.5. The molecule has 8 heteroatoms. The van der Waals surface area contributed by atoms with Crippen molar-refractivity contribution >= 4 is 33.8 Å². The van der Waals surface area contributed by atoms with Gasteiger partial charge in [0.25, 0.3) is 0 Å². The van der Waals surface area contributed by atoms with Gasteiger partial charge < -0.3 is 17.1 Å². The Morgan fingerprint density at radius 2 is 1.14 bits per heavy atom. The Morgan fingerprint density at radius 1 is 0.667 bits per heavy atom. The van der Waals surface area contributed by atoms with E-state index >= 15 is 0 Å². The van der Waals surface area contributed by atoms with Gasteiger partial charge in [-0.2, -0.15) is 0 Å². The molecule has 0 saturated carbocycles. The fraction of sp³-hybridized carbons (Fsp3) is 1.00. The molecule has 0 rings (SSSR count). The molecule has 0 fully saturated rings. The summed E-state index contributed by atoms with van der Waals surface area (Å²) in [6, 6.07) is 0. The van der Waals surface area contributed by atoms with Crippen molar-refractivity contribution in [1.82, 2.24) is 0 Å². The maximum absolute atomic E-state index is 6.50. The van der Waals surface area contributed by atoms with E-state index in [0.29, 0.717) is 6.23 Å². The van der Waals surface area contributed by atoms with Crippen molar-refractivity contribution in [3.63, 3.8) is 0 Å². The van der Waals surface area contributed by atoms with Gasteiger partial charge in [-0.3, -0.25) is 0 Å². The molecule has 0 aliphatic rings. The molecule has 0 spiro atoms. The van der Waals surface area contributed by atoms with E-state index in [1.54, 1.807) is 0 Å². The molecule has 1 unspecified atom stereocenters. The monoisotopic (exact) mass is 368 g/mol. The summed E-state index contributed by atoms with van der Waals surface area (Å²) in [5, 5.41) is 0.